The van der Waals surface area contributed by atoms with E-state index in [1.807, 2.05) is 18.4 Å². The molecule has 3 unspecified atom stereocenters. The molecule has 4 rings (SSSR count). The summed E-state index contributed by atoms with van der Waals surface area (Å²) in [5.74, 6) is 0.551. The number of hydrogen-bond donors (Lipinski definition) is 1. The van der Waals surface area contributed by atoms with E-state index in [0.29, 0.717) is 23.8 Å². The van der Waals surface area contributed by atoms with Crippen LogP contribution >= 0.6 is 0 Å². The van der Waals surface area contributed by atoms with Gasteiger partial charge in [0.1, 0.15) is 12.4 Å². The Bertz CT molecular complexity index is 1200. The Kier molecular flexibility index (Phi) is 6.17. The Hall–Kier alpha value is -2.96. The average molecular weight is 439 g/mol. The van der Waals surface area contributed by atoms with Gasteiger partial charge in [-0.05, 0) is 49.8 Å². The molecule has 2 heterocycles. The minimum atomic E-state index is -0.276. The normalized spacial score (nSPS) is 21.1. The molecule has 0 spiro atoms. The Balaban J connectivity index is 1.58. The lowest BCUT2D eigenvalue weighted by Gasteiger charge is -2.34. The lowest BCUT2D eigenvalue weighted by atomic mass is 9.78. The summed E-state index contributed by atoms with van der Waals surface area (Å²) in [6.07, 6.45) is 4.95. The summed E-state index contributed by atoms with van der Waals surface area (Å²) in [5, 5.41) is 8.76. The molecule has 1 aliphatic rings. The highest BCUT2D eigenvalue weighted by Crippen LogP contribution is 2.29. The predicted octanol–water partition coefficient (Wildman–Crippen LogP) is 3.94. The van der Waals surface area contributed by atoms with Crippen molar-refractivity contribution in [3.05, 3.63) is 63.6 Å². The van der Waals surface area contributed by atoms with E-state index in [1.54, 1.807) is 18.3 Å². The van der Waals surface area contributed by atoms with Crippen LogP contribution in [0, 0.1) is 31.5 Å². The molecule has 3 atom stereocenters. The number of carbonyl (C=O) groups excluding carboxylic acids is 1. The molecule has 6 nitrogen and oxygen atoms in total. The van der Waals surface area contributed by atoms with Gasteiger partial charge in [-0.2, -0.15) is 5.10 Å². The van der Waals surface area contributed by atoms with Crippen LogP contribution in [0.1, 0.15) is 50.1 Å². The van der Waals surface area contributed by atoms with Crippen molar-refractivity contribution in [2.24, 2.45) is 11.8 Å². The first-order valence-corrected chi connectivity index (χ1v) is 11.4. The van der Waals surface area contributed by atoms with Crippen molar-refractivity contribution in [1.82, 2.24) is 19.7 Å². The summed E-state index contributed by atoms with van der Waals surface area (Å²) in [4.78, 5) is 25.9. The maximum absolute atomic E-state index is 13.2. The molecule has 0 aliphatic heterocycles. The van der Waals surface area contributed by atoms with Gasteiger partial charge in [-0.3, -0.25) is 9.59 Å². The van der Waals surface area contributed by atoms with Gasteiger partial charge in [-0.15, -0.1) is 0 Å². The molecular formula is C25H31FN4O2. The van der Waals surface area contributed by atoms with Gasteiger partial charge in [-0.25, -0.2) is 9.07 Å². The zero-order chi connectivity index (χ0) is 23.0. The van der Waals surface area contributed by atoms with Gasteiger partial charge in [0, 0.05) is 29.4 Å². The quantitative estimate of drug-likeness (QED) is 0.656. The van der Waals surface area contributed by atoms with Gasteiger partial charge >= 0.3 is 0 Å². The number of carbonyl (C=O) groups is 1. The largest absolute Gasteiger partial charge is 0.351 e. The number of benzene rings is 1. The minimum absolute atomic E-state index is 0.0893. The first-order valence-electron chi connectivity index (χ1n) is 11.4. The van der Waals surface area contributed by atoms with Crippen molar-refractivity contribution in [2.45, 2.75) is 66.1 Å². The van der Waals surface area contributed by atoms with Crippen LogP contribution in [0.25, 0.3) is 10.8 Å². The topological polar surface area (TPSA) is 68.9 Å². The molecule has 170 valence electrons. The highest BCUT2D eigenvalue weighted by molar-refractivity contribution is 5.87. The molecule has 1 saturated carbocycles. The van der Waals surface area contributed by atoms with Crippen LogP contribution in [0.2, 0.25) is 0 Å². The molecule has 1 aliphatic carbocycles. The van der Waals surface area contributed by atoms with E-state index < -0.39 is 0 Å². The number of hydrogen-bond acceptors (Lipinski definition) is 3. The summed E-state index contributed by atoms with van der Waals surface area (Å²) >= 11 is 0. The van der Waals surface area contributed by atoms with Gasteiger partial charge in [-0.1, -0.05) is 38.8 Å². The highest BCUT2D eigenvalue weighted by Gasteiger charge is 2.28. The predicted molar refractivity (Wildman–Crippen MR) is 123 cm³/mol. The van der Waals surface area contributed by atoms with Crippen molar-refractivity contribution in [3.8, 4) is 0 Å². The smallest absolute Gasteiger partial charge is 0.276 e. The molecule has 7 heteroatoms. The zero-order valence-electron chi connectivity index (χ0n) is 19.2. The molecule has 0 radical (unpaired) electrons. The van der Waals surface area contributed by atoms with Crippen LogP contribution in [-0.4, -0.2) is 26.3 Å². The number of rotatable bonds is 5. The first kappa shape index (κ1) is 22.2. The van der Waals surface area contributed by atoms with Gasteiger partial charge in [0.25, 0.3) is 5.56 Å². The SMILES string of the molecule is Cc1c2cnn(CC(=O)NC3CCCC(C)C3C)c(=O)c2c(C)n1Cc1ccc(F)cc1. The zero-order valence-corrected chi connectivity index (χ0v) is 19.2. The maximum atomic E-state index is 13.2. The van der Waals surface area contributed by atoms with E-state index in [1.165, 1.54) is 23.2 Å². The Labute approximate surface area is 187 Å². The van der Waals surface area contributed by atoms with Crippen molar-refractivity contribution in [2.75, 3.05) is 0 Å². The van der Waals surface area contributed by atoms with Crippen LogP contribution in [0.3, 0.4) is 0 Å². The Morgan fingerprint density at radius 1 is 1.16 bits per heavy atom. The second-order valence-electron chi connectivity index (χ2n) is 9.22. The van der Waals surface area contributed by atoms with E-state index >= 15 is 0 Å². The van der Waals surface area contributed by atoms with Gasteiger partial charge in [0.05, 0.1) is 11.6 Å². The first-order chi connectivity index (χ1) is 15.3. The summed E-state index contributed by atoms with van der Waals surface area (Å²) in [5.41, 5.74) is 2.42. The van der Waals surface area contributed by atoms with E-state index in [4.69, 9.17) is 0 Å². The van der Waals surface area contributed by atoms with E-state index in [2.05, 4.69) is 24.3 Å². The standard InChI is InChI=1S/C25H31FN4O2/c1-15-6-5-7-22(16(15)2)28-23(31)14-30-25(32)24-18(4)29(17(3)21(24)12-27-30)13-19-8-10-20(26)11-9-19/h8-12,15-16,22H,5-7,13-14H2,1-4H3,(H,28,31). The number of fused-ring (bicyclic) bond motifs is 1. The maximum Gasteiger partial charge on any atom is 0.276 e. The molecular weight excluding hydrogens is 407 g/mol. The Morgan fingerprint density at radius 3 is 2.59 bits per heavy atom. The number of nitrogens with one attached hydrogen (secondary N) is 1. The number of aromatic nitrogens is 3. The molecule has 1 N–H and O–H groups in total. The van der Waals surface area contributed by atoms with E-state index in [9.17, 15) is 14.0 Å². The van der Waals surface area contributed by atoms with Gasteiger partial charge in [0.2, 0.25) is 5.91 Å². The van der Waals surface area contributed by atoms with Crippen molar-refractivity contribution >= 4 is 16.7 Å². The molecule has 3 aromatic rings. The van der Waals surface area contributed by atoms with Crippen LogP contribution in [0.4, 0.5) is 4.39 Å². The molecule has 1 aromatic carbocycles. The second kappa shape index (κ2) is 8.88. The monoisotopic (exact) mass is 438 g/mol. The minimum Gasteiger partial charge on any atom is -0.351 e. The molecule has 32 heavy (non-hydrogen) atoms. The molecule has 0 bridgehead atoms. The van der Waals surface area contributed by atoms with E-state index in [0.717, 1.165) is 35.2 Å². The highest BCUT2D eigenvalue weighted by atomic mass is 19.1. The average Bonchev–Trinajstić information content (AvgIpc) is 3.00. The number of nitrogens with zero attached hydrogens (tertiary/aromatic N) is 3. The van der Waals surface area contributed by atoms with Crippen LogP contribution in [-0.2, 0) is 17.9 Å². The fourth-order valence-electron chi connectivity index (χ4n) is 4.94. The molecule has 2 aromatic heterocycles. The van der Waals surface area contributed by atoms with Crippen molar-refractivity contribution in [1.29, 1.82) is 0 Å². The van der Waals surface area contributed by atoms with E-state index in [-0.39, 0.29) is 29.9 Å². The van der Waals surface area contributed by atoms with Crippen molar-refractivity contribution in [3.63, 3.8) is 0 Å². The summed E-state index contributed by atoms with van der Waals surface area (Å²) < 4.78 is 16.5. The van der Waals surface area contributed by atoms with Gasteiger partial charge < -0.3 is 9.88 Å². The summed E-state index contributed by atoms with van der Waals surface area (Å²) in [7, 11) is 0. The van der Waals surface area contributed by atoms with Crippen LogP contribution in [0.15, 0.2) is 35.3 Å². The summed E-state index contributed by atoms with van der Waals surface area (Å²) in [6, 6.07) is 6.50. The fourth-order valence-corrected chi connectivity index (χ4v) is 4.94. The Morgan fingerprint density at radius 2 is 1.88 bits per heavy atom. The van der Waals surface area contributed by atoms with Crippen LogP contribution < -0.4 is 10.9 Å². The summed E-state index contributed by atoms with van der Waals surface area (Å²) in [6.45, 7) is 8.70. The second-order valence-corrected chi connectivity index (χ2v) is 9.22. The van der Waals surface area contributed by atoms with Crippen LogP contribution in [0.5, 0.6) is 0 Å². The third-order valence-electron chi connectivity index (χ3n) is 7.21. The van der Waals surface area contributed by atoms with Gasteiger partial charge in [0.15, 0.2) is 0 Å². The molecule has 0 saturated heterocycles. The van der Waals surface area contributed by atoms with Crippen molar-refractivity contribution < 1.29 is 9.18 Å². The number of aryl methyl sites for hydroxylation is 2. The third kappa shape index (κ3) is 4.20. The number of amides is 1. The fraction of sp³-hybridized carbons (Fsp3) is 0.480. The lowest BCUT2D eigenvalue weighted by Crippen LogP contribution is -2.45. The number of halogens is 1. The third-order valence-corrected chi connectivity index (χ3v) is 7.21. The molecule has 1 amide bonds. The molecule has 1 fully saturated rings. The lowest BCUT2D eigenvalue weighted by molar-refractivity contribution is -0.123.